The molecule has 4 rings (SSSR count). The van der Waals surface area contributed by atoms with Gasteiger partial charge in [0.2, 0.25) is 0 Å². The van der Waals surface area contributed by atoms with E-state index in [9.17, 15) is 0 Å². The molecule has 0 aliphatic heterocycles. The van der Waals surface area contributed by atoms with Gasteiger partial charge >= 0.3 is 0 Å². The maximum Gasteiger partial charge on any atom is -0.0240 e. The molecule has 0 saturated heterocycles. The molecule has 4 fully saturated rings. The molecule has 0 heterocycles. The van der Waals surface area contributed by atoms with Crippen molar-refractivity contribution in [3.05, 3.63) is 0 Å². The predicted molar refractivity (Wildman–Crippen MR) is 136 cm³/mol. The Morgan fingerprint density at radius 2 is 1.58 bits per heavy atom. The second kappa shape index (κ2) is 8.65. The minimum atomic E-state index is 0.600. The van der Waals surface area contributed by atoms with Crippen molar-refractivity contribution < 1.29 is 0 Å². The molecule has 180 valence electrons. The van der Waals surface area contributed by atoms with Gasteiger partial charge in [0, 0.05) is 0 Å². The second-order valence-electron chi connectivity index (χ2n) is 14.5. The molecular weight excluding hydrogens is 372 g/mol. The van der Waals surface area contributed by atoms with E-state index in [0.29, 0.717) is 16.2 Å². The summed E-state index contributed by atoms with van der Waals surface area (Å²) in [6, 6.07) is 0. The molecule has 0 heteroatoms. The molecule has 0 bridgehead atoms. The summed E-state index contributed by atoms with van der Waals surface area (Å²) in [7, 11) is 0. The van der Waals surface area contributed by atoms with Crippen LogP contribution < -0.4 is 0 Å². The predicted octanol–water partition coefficient (Wildman–Crippen LogP) is 9.77. The average Bonchev–Trinajstić information content (AvgIpc) is 3.05. The number of hydrogen-bond donors (Lipinski definition) is 0. The van der Waals surface area contributed by atoms with Gasteiger partial charge in [0.05, 0.1) is 0 Å². The van der Waals surface area contributed by atoms with Crippen molar-refractivity contribution in [2.45, 2.75) is 132 Å². The quantitative estimate of drug-likeness (QED) is 0.395. The molecule has 0 radical (unpaired) electrons. The average molecular weight is 429 g/mol. The van der Waals surface area contributed by atoms with Crippen LogP contribution in [0.3, 0.4) is 0 Å². The number of rotatable bonds is 6. The maximum absolute atomic E-state index is 2.77. The standard InChI is InChI=1S/C31H56/c1-9-24-15-18-31(8)27-16-17-30(7)25(22(4)12-10-11-21(2)3)13-14-26(30)28(27)23(5)19-29(31,6)20-24/h21-28H,9-20H2,1-8H3. The smallest absolute Gasteiger partial charge is 0.0240 e. The number of hydrogen-bond acceptors (Lipinski definition) is 0. The maximum atomic E-state index is 2.77. The first-order valence-corrected chi connectivity index (χ1v) is 14.6. The van der Waals surface area contributed by atoms with Crippen LogP contribution in [0.25, 0.3) is 0 Å². The van der Waals surface area contributed by atoms with Gasteiger partial charge in [-0.1, -0.05) is 81.1 Å². The van der Waals surface area contributed by atoms with Gasteiger partial charge in [-0.15, -0.1) is 0 Å². The lowest BCUT2D eigenvalue weighted by molar-refractivity contribution is -0.183. The van der Waals surface area contributed by atoms with Crippen LogP contribution in [0.2, 0.25) is 0 Å². The minimum absolute atomic E-state index is 0.600. The van der Waals surface area contributed by atoms with Crippen LogP contribution >= 0.6 is 0 Å². The van der Waals surface area contributed by atoms with Crippen LogP contribution in [0.4, 0.5) is 0 Å². The van der Waals surface area contributed by atoms with Crippen LogP contribution in [-0.4, -0.2) is 0 Å². The fourth-order valence-electron chi connectivity index (χ4n) is 10.7. The summed E-state index contributed by atoms with van der Waals surface area (Å²) in [5, 5.41) is 0. The molecule has 0 aromatic heterocycles. The van der Waals surface area contributed by atoms with Gasteiger partial charge in [-0.2, -0.15) is 0 Å². The van der Waals surface area contributed by atoms with Gasteiger partial charge in [0.25, 0.3) is 0 Å². The Morgan fingerprint density at radius 3 is 2.26 bits per heavy atom. The molecule has 4 aliphatic rings. The van der Waals surface area contributed by atoms with Crippen LogP contribution in [0.1, 0.15) is 132 Å². The molecule has 0 aromatic rings. The molecule has 31 heavy (non-hydrogen) atoms. The first kappa shape index (κ1) is 24.1. The lowest BCUT2D eigenvalue weighted by Gasteiger charge is -2.67. The third-order valence-electron chi connectivity index (χ3n) is 12.5. The Balaban J connectivity index is 1.53. The zero-order chi connectivity index (χ0) is 22.6. The molecule has 10 atom stereocenters. The van der Waals surface area contributed by atoms with Crippen LogP contribution in [0.15, 0.2) is 0 Å². The molecule has 0 amide bonds. The van der Waals surface area contributed by atoms with E-state index in [1.807, 2.05) is 0 Å². The normalized spacial score (nSPS) is 50.6. The van der Waals surface area contributed by atoms with E-state index in [0.717, 1.165) is 47.3 Å². The summed E-state index contributed by atoms with van der Waals surface area (Å²) < 4.78 is 0. The molecule has 4 aliphatic carbocycles. The second-order valence-corrected chi connectivity index (χ2v) is 14.5. The van der Waals surface area contributed by atoms with Crippen LogP contribution in [0.5, 0.6) is 0 Å². The fraction of sp³-hybridized carbons (Fsp3) is 1.00. The highest BCUT2D eigenvalue weighted by molar-refractivity contribution is 5.13. The zero-order valence-electron chi connectivity index (χ0n) is 22.6. The van der Waals surface area contributed by atoms with E-state index >= 15 is 0 Å². The summed E-state index contributed by atoms with van der Waals surface area (Å²) in [6.45, 7) is 20.8. The summed E-state index contributed by atoms with van der Waals surface area (Å²) in [6.07, 6.45) is 18.0. The van der Waals surface area contributed by atoms with Crippen molar-refractivity contribution in [3.8, 4) is 0 Å². The molecular formula is C31H56. The monoisotopic (exact) mass is 428 g/mol. The van der Waals surface area contributed by atoms with Crippen LogP contribution in [-0.2, 0) is 0 Å². The zero-order valence-corrected chi connectivity index (χ0v) is 22.6. The van der Waals surface area contributed by atoms with Crippen molar-refractivity contribution in [1.29, 1.82) is 0 Å². The van der Waals surface area contributed by atoms with Crippen molar-refractivity contribution in [1.82, 2.24) is 0 Å². The summed E-state index contributed by atoms with van der Waals surface area (Å²) in [5.74, 6) is 7.78. The highest BCUT2D eigenvalue weighted by atomic mass is 14.7. The minimum Gasteiger partial charge on any atom is -0.0651 e. The Kier molecular flexibility index (Phi) is 6.74. The largest absolute Gasteiger partial charge is 0.0651 e. The van der Waals surface area contributed by atoms with Crippen molar-refractivity contribution in [2.75, 3.05) is 0 Å². The van der Waals surface area contributed by atoms with E-state index in [-0.39, 0.29) is 0 Å². The van der Waals surface area contributed by atoms with Crippen molar-refractivity contribution >= 4 is 0 Å². The van der Waals surface area contributed by atoms with E-state index in [4.69, 9.17) is 0 Å². The highest BCUT2D eigenvalue weighted by Gasteiger charge is 2.65. The molecule has 0 aromatic carbocycles. The van der Waals surface area contributed by atoms with E-state index in [2.05, 4.69) is 55.4 Å². The molecule has 0 spiro atoms. The Labute approximate surface area is 196 Å². The lowest BCUT2D eigenvalue weighted by Crippen LogP contribution is -2.60. The Bertz CT molecular complexity index is 620. The first-order chi connectivity index (χ1) is 14.6. The van der Waals surface area contributed by atoms with Gasteiger partial charge in [-0.25, -0.2) is 0 Å². The topological polar surface area (TPSA) is 0 Å². The third-order valence-corrected chi connectivity index (χ3v) is 12.5. The fourth-order valence-corrected chi connectivity index (χ4v) is 10.7. The molecule has 0 nitrogen and oxygen atoms in total. The van der Waals surface area contributed by atoms with Gasteiger partial charge in [0.1, 0.15) is 0 Å². The van der Waals surface area contributed by atoms with Crippen molar-refractivity contribution in [3.63, 3.8) is 0 Å². The first-order valence-electron chi connectivity index (χ1n) is 14.6. The highest BCUT2D eigenvalue weighted by Crippen LogP contribution is 2.72. The van der Waals surface area contributed by atoms with E-state index in [1.54, 1.807) is 12.8 Å². The van der Waals surface area contributed by atoms with Gasteiger partial charge < -0.3 is 0 Å². The van der Waals surface area contributed by atoms with Gasteiger partial charge in [-0.05, 0) is 115 Å². The third kappa shape index (κ3) is 3.87. The van der Waals surface area contributed by atoms with Crippen molar-refractivity contribution in [2.24, 2.45) is 63.6 Å². The Morgan fingerprint density at radius 1 is 0.839 bits per heavy atom. The van der Waals surface area contributed by atoms with E-state index < -0.39 is 0 Å². The van der Waals surface area contributed by atoms with Gasteiger partial charge in [0.15, 0.2) is 0 Å². The summed E-state index contributed by atoms with van der Waals surface area (Å²) in [4.78, 5) is 0. The van der Waals surface area contributed by atoms with Crippen LogP contribution in [0, 0.1) is 63.6 Å². The molecule has 10 unspecified atom stereocenters. The molecule has 4 saturated carbocycles. The number of fused-ring (bicyclic) bond motifs is 5. The summed E-state index contributed by atoms with van der Waals surface area (Å²) >= 11 is 0. The SMILES string of the molecule is CCC1CCC2(C)C3CCC4(C)C(C(C)CCCC(C)C)CCC4C3C(C)CC2(C)C1. The Hall–Kier alpha value is 0. The van der Waals surface area contributed by atoms with Gasteiger partial charge in [-0.3, -0.25) is 0 Å². The summed E-state index contributed by atoms with van der Waals surface area (Å²) in [5.41, 5.74) is 1.85. The lowest BCUT2D eigenvalue weighted by atomic mass is 9.38. The molecule has 0 N–H and O–H groups in total. The van der Waals surface area contributed by atoms with E-state index in [1.165, 1.54) is 64.2 Å².